The molecule has 0 aliphatic rings. The molecule has 0 bridgehead atoms. The first-order valence-corrected chi connectivity index (χ1v) is 8.95. The van der Waals surface area contributed by atoms with Gasteiger partial charge < -0.3 is 4.90 Å². The highest BCUT2D eigenvalue weighted by Crippen LogP contribution is 2.21. The van der Waals surface area contributed by atoms with E-state index >= 15 is 0 Å². The lowest BCUT2D eigenvalue weighted by atomic mass is 10.1. The van der Waals surface area contributed by atoms with E-state index in [1.807, 2.05) is 0 Å². The van der Waals surface area contributed by atoms with Crippen molar-refractivity contribution in [2.24, 2.45) is 0 Å². The standard InChI is InChI=1S/C14H25NO4P2/c1-3-13(16)15(2)12-10-8-6-4-5-7-9-11-14(20-17)19-21-18/h3,14H,1,4-12H2,2H3. The lowest BCUT2D eigenvalue weighted by Gasteiger charge is -2.14. The van der Waals surface area contributed by atoms with Crippen molar-refractivity contribution in [1.29, 1.82) is 0 Å². The summed E-state index contributed by atoms with van der Waals surface area (Å²) in [6.07, 6.45) is 9.62. The maximum atomic E-state index is 11.2. The van der Waals surface area contributed by atoms with Crippen LogP contribution >= 0.6 is 17.1 Å². The van der Waals surface area contributed by atoms with Crippen molar-refractivity contribution in [1.82, 2.24) is 4.90 Å². The van der Waals surface area contributed by atoms with Gasteiger partial charge in [-0.3, -0.25) is 13.9 Å². The molecule has 0 rings (SSSR count). The van der Waals surface area contributed by atoms with Gasteiger partial charge in [0.2, 0.25) is 5.91 Å². The molecule has 0 aliphatic carbocycles. The van der Waals surface area contributed by atoms with Crippen molar-refractivity contribution in [2.45, 2.75) is 57.2 Å². The minimum Gasteiger partial charge on any atom is -0.342 e. The Kier molecular flexibility index (Phi) is 13.9. The predicted molar refractivity (Wildman–Crippen MR) is 84.9 cm³/mol. The Morgan fingerprint density at radius 1 is 1.14 bits per heavy atom. The number of carbonyl (C=O) groups is 1. The minimum absolute atomic E-state index is 0.0260. The number of rotatable bonds is 14. The number of carbonyl (C=O) groups excluding carboxylic acids is 1. The second-order valence-electron chi connectivity index (χ2n) is 4.97. The SMILES string of the molecule is C=CC(=O)N(C)CCCCCCCCCC(OP=O)P=O. The van der Waals surface area contributed by atoms with Gasteiger partial charge in [-0.2, -0.15) is 0 Å². The van der Waals surface area contributed by atoms with Crippen molar-refractivity contribution in [3.63, 3.8) is 0 Å². The average Bonchev–Trinajstić information content (AvgIpc) is 2.50. The molecule has 5 nitrogen and oxygen atoms in total. The van der Waals surface area contributed by atoms with E-state index in [2.05, 4.69) is 6.58 Å². The molecule has 0 saturated heterocycles. The highest BCUT2D eigenvalue weighted by Gasteiger charge is 2.08. The molecule has 0 aromatic rings. The lowest BCUT2D eigenvalue weighted by molar-refractivity contribution is -0.124. The topological polar surface area (TPSA) is 63.7 Å². The van der Waals surface area contributed by atoms with E-state index in [0.29, 0.717) is 6.42 Å². The zero-order valence-corrected chi connectivity index (χ0v) is 14.5. The third-order valence-electron chi connectivity index (χ3n) is 3.28. The van der Waals surface area contributed by atoms with Crippen LogP contribution in [0.1, 0.15) is 51.4 Å². The summed E-state index contributed by atoms with van der Waals surface area (Å²) in [6.45, 7) is 4.24. The van der Waals surface area contributed by atoms with Crippen LogP contribution in [0.2, 0.25) is 0 Å². The second-order valence-corrected chi connectivity index (χ2v) is 6.11. The Hall–Kier alpha value is -0.630. The Morgan fingerprint density at radius 2 is 1.71 bits per heavy atom. The zero-order valence-electron chi connectivity index (χ0n) is 12.7. The van der Waals surface area contributed by atoms with Crippen LogP contribution in [0.25, 0.3) is 0 Å². The third-order valence-corrected chi connectivity index (χ3v) is 4.38. The molecular weight excluding hydrogens is 308 g/mol. The third kappa shape index (κ3) is 11.7. The van der Waals surface area contributed by atoms with Crippen molar-refractivity contribution >= 4 is 23.1 Å². The fourth-order valence-electron chi connectivity index (χ4n) is 1.99. The second kappa shape index (κ2) is 14.3. The molecule has 1 amide bonds. The van der Waals surface area contributed by atoms with Gasteiger partial charge >= 0.3 is 8.69 Å². The first kappa shape index (κ1) is 20.4. The average molecular weight is 333 g/mol. The van der Waals surface area contributed by atoms with Crippen LogP contribution in [-0.4, -0.2) is 30.2 Å². The highest BCUT2D eigenvalue weighted by molar-refractivity contribution is 7.26. The Labute approximate surface area is 130 Å². The minimum atomic E-state index is -0.442. The van der Waals surface area contributed by atoms with Crippen molar-refractivity contribution < 1.29 is 18.4 Å². The van der Waals surface area contributed by atoms with Gasteiger partial charge in [-0.05, 0) is 18.9 Å². The number of hydrogen-bond donors (Lipinski definition) is 0. The molecule has 0 N–H and O–H groups in total. The van der Waals surface area contributed by atoms with Gasteiger partial charge in [0.1, 0.15) is 0 Å². The summed E-state index contributed by atoms with van der Waals surface area (Å²) in [6, 6.07) is 0. The van der Waals surface area contributed by atoms with Crippen LogP contribution in [0.5, 0.6) is 0 Å². The summed E-state index contributed by atoms with van der Waals surface area (Å²) >= 11 is 0. The number of amides is 1. The van der Waals surface area contributed by atoms with Crippen molar-refractivity contribution in [3.8, 4) is 0 Å². The maximum absolute atomic E-state index is 11.2. The van der Waals surface area contributed by atoms with Gasteiger partial charge in [0.25, 0.3) is 0 Å². The molecule has 0 aliphatic heterocycles. The molecular formula is C14H25NO4P2. The highest BCUT2D eigenvalue weighted by atomic mass is 31.1. The smallest absolute Gasteiger partial charge is 0.328 e. The van der Waals surface area contributed by atoms with Crippen LogP contribution in [0.15, 0.2) is 12.7 Å². The largest absolute Gasteiger partial charge is 0.342 e. The number of hydrogen-bond acceptors (Lipinski definition) is 4. The van der Waals surface area contributed by atoms with Gasteiger partial charge in [0.15, 0.2) is 14.3 Å². The van der Waals surface area contributed by atoms with E-state index in [0.717, 1.165) is 45.1 Å². The fraction of sp³-hybridized carbons (Fsp3) is 0.786. The molecule has 0 aromatic heterocycles. The first-order chi connectivity index (χ1) is 10.2. The molecule has 120 valence electrons. The number of unbranched alkanes of at least 4 members (excludes halogenated alkanes) is 6. The zero-order chi connectivity index (χ0) is 15.9. The molecule has 0 saturated carbocycles. The van der Waals surface area contributed by atoms with Crippen LogP contribution in [-0.2, 0) is 18.4 Å². The molecule has 0 radical (unpaired) electrons. The van der Waals surface area contributed by atoms with E-state index < -0.39 is 14.5 Å². The number of nitrogens with zero attached hydrogens (tertiary/aromatic N) is 1. The van der Waals surface area contributed by atoms with Crippen LogP contribution < -0.4 is 0 Å². The molecule has 1 unspecified atom stereocenters. The molecule has 0 fully saturated rings. The summed E-state index contributed by atoms with van der Waals surface area (Å²) in [4.78, 5) is 12.9. The van der Waals surface area contributed by atoms with E-state index in [1.165, 1.54) is 12.5 Å². The van der Waals surface area contributed by atoms with Crippen LogP contribution in [0.3, 0.4) is 0 Å². The van der Waals surface area contributed by atoms with Crippen LogP contribution in [0.4, 0.5) is 0 Å². The Bertz CT molecular complexity index is 318. The molecule has 7 heteroatoms. The summed E-state index contributed by atoms with van der Waals surface area (Å²) < 4.78 is 25.6. The summed E-state index contributed by atoms with van der Waals surface area (Å²) in [5.74, 6) is -0.469. The quantitative estimate of drug-likeness (QED) is 0.265. The van der Waals surface area contributed by atoms with E-state index in [1.54, 1.807) is 11.9 Å². The molecule has 0 heterocycles. The Morgan fingerprint density at radius 3 is 2.24 bits per heavy atom. The molecule has 0 spiro atoms. The molecule has 1 atom stereocenters. The van der Waals surface area contributed by atoms with E-state index in [9.17, 15) is 13.9 Å². The summed E-state index contributed by atoms with van der Waals surface area (Å²) in [7, 11) is 1.29. The van der Waals surface area contributed by atoms with Gasteiger partial charge in [-0.25, -0.2) is 4.57 Å². The molecule has 21 heavy (non-hydrogen) atoms. The normalized spacial score (nSPS) is 12.4. The predicted octanol–water partition coefficient (Wildman–Crippen LogP) is 4.59. The van der Waals surface area contributed by atoms with E-state index in [-0.39, 0.29) is 14.4 Å². The van der Waals surface area contributed by atoms with E-state index in [4.69, 9.17) is 4.52 Å². The van der Waals surface area contributed by atoms with Gasteiger partial charge in [0.05, 0.1) is 0 Å². The van der Waals surface area contributed by atoms with Crippen LogP contribution in [0, 0.1) is 0 Å². The summed E-state index contributed by atoms with van der Waals surface area (Å²) in [5.41, 5.74) is 0. The maximum Gasteiger partial charge on any atom is 0.328 e. The number of likely N-dealkylation sites (N-methyl/N-ethyl adjacent to an activating group) is 1. The lowest BCUT2D eigenvalue weighted by Crippen LogP contribution is -2.25. The van der Waals surface area contributed by atoms with Gasteiger partial charge in [-0.1, -0.05) is 45.1 Å². The van der Waals surface area contributed by atoms with Crippen molar-refractivity contribution in [2.75, 3.05) is 13.6 Å². The van der Waals surface area contributed by atoms with Crippen molar-refractivity contribution in [3.05, 3.63) is 12.7 Å². The Balaban J connectivity index is 3.36. The first-order valence-electron chi connectivity index (χ1n) is 7.34. The molecule has 0 aromatic carbocycles. The van der Waals surface area contributed by atoms with Gasteiger partial charge in [-0.15, -0.1) is 0 Å². The fourth-order valence-corrected chi connectivity index (χ4v) is 2.75. The summed E-state index contributed by atoms with van der Waals surface area (Å²) in [5, 5.41) is 0. The van der Waals surface area contributed by atoms with Gasteiger partial charge in [0, 0.05) is 13.6 Å². The monoisotopic (exact) mass is 333 g/mol.